The summed E-state index contributed by atoms with van der Waals surface area (Å²) in [5.74, 6) is -1.04. The van der Waals surface area contributed by atoms with Gasteiger partial charge in [0.2, 0.25) is 0 Å². The van der Waals surface area contributed by atoms with Gasteiger partial charge in [-0.15, -0.1) is 0 Å². The number of aromatic carboxylic acids is 1. The van der Waals surface area contributed by atoms with Crippen molar-refractivity contribution in [2.24, 2.45) is 0 Å². The quantitative estimate of drug-likeness (QED) is 0.654. The van der Waals surface area contributed by atoms with E-state index in [1.54, 1.807) is 24.3 Å². The third-order valence-electron chi connectivity index (χ3n) is 2.86. The first-order valence-electron chi connectivity index (χ1n) is 6.89. The van der Waals surface area contributed by atoms with Gasteiger partial charge in [0.1, 0.15) is 17.1 Å². The molecule has 0 bridgehead atoms. The van der Waals surface area contributed by atoms with Gasteiger partial charge in [-0.05, 0) is 36.8 Å². The van der Waals surface area contributed by atoms with Crippen LogP contribution in [-0.4, -0.2) is 23.7 Å². The Kier molecular flexibility index (Phi) is 5.14. The van der Waals surface area contributed by atoms with Crippen LogP contribution in [0.25, 0.3) is 0 Å². The summed E-state index contributed by atoms with van der Waals surface area (Å²) in [6.07, 6.45) is 0.823. The SMILES string of the molecule is CCCOc1ccccc1C(=O)Oc1cccc(C(=O)O)c1. The fourth-order valence-electron chi connectivity index (χ4n) is 1.83. The summed E-state index contributed by atoms with van der Waals surface area (Å²) >= 11 is 0. The number of carboxylic acids is 1. The molecule has 2 rings (SSSR count). The molecule has 0 radical (unpaired) electrons. The zero-order chi connectivity index (χ0) is 15.9. The molecular weight excluding hydrogens is 284 g/mol. The van der Waals surface area contributed by atoms with Crippen molar-refractivity contribution in [3.8, 4) is 11.5 Å². The molecule has 22 heavy (non-hydrogen) atoms. The van der Waals surface area contributed by atoms with E-state index in [9.17, 15) is 9.59 Å². The number of carboxylic acid groups (broad SMARTS) is 1. The van der Waals surface area contributed by atoms with E-state index < -0.39 is 11.9 Å². The van der Waals surface area contributed by atoms with Crippen LogP contribution in [0.2, 0.25) is 0 Å². The average molecular weight is 300 g/mol. The molecule has 2 aromatic carbocycles. The van der Waals surface area contributed by atoms with Crippen LogP contribution in [-0.2, 0) is 0 Å². The molecule has 0 aliphatic carbocycles. The van der Waals surface area contributed by atoms with Crippen LogP contribution < -0.4 is 9.47 Å². The van der Waals surface area contributed by atoms with E-state index in [1.165, 1.54) is 24.3 Å². The minimum absolute atomic E-state index is 0.0563. The summed E-state index contributed by atoms with van der Waals surface area (Å²) in [7, 11) is 0. The Labute approximate surface area is 128 Å². The Morgan fingerprint density at radius 1 is 1.09 bits per heavy atom. The first kappa shape index (κ1) is 15.6. The first-order chi connectivity index (χ1) is 10.6. The summed E-state index contributed by atoms with van der Waals surface area (Å²) in [6, 6.07) is 12.6. The van der Waals surface area contributed by atoms with Gasteiger partial charge in [0, 0.05) is 0 Å². The maximum Gasteiger partial charge on any atom is 0.347 e. The zero-order valence-electron chi connectivity index (χ0n) is 12.1. The lowest BCUT2D eigenvalue weighted by Gasteiger charge is -2.10. The number of rotatable bonds is 6. The summed E-state index contributed by atoms with van der Waals surface area (Å²) in [5, 5.41) is 8.94. The lowest BCUT2D eigenvalue weighted by molar-refractivity contribution is 0.0686. The van der Waals surface area contributed by atoms with E-state index in [0.29, 0.717) is 17.9 Å². The van der Waals surface area contributed by atoms with Crippen molar-refractivity contribution in [2.75, 3.05) is 6.61 Å². The van der Waals surface area contributed by atoms with Gasteiger partial charge in [-0.3, -0.25) is 0 Å². The highest BCUT2D eigenvalue weighted by atomic mass is 16.5. The Morgan fingerprint density at radius 2 is 1.86 bits per heavy atom. The Balaban J connectivity index is 2.19. The van der Waals surface area contributed by atoms with Gasteiger partial charge in [-0.2, -0.15) is 0 Å². The zero-order valence-corrected chi connectivity index (χ0v) is 12.1. The monoisotopic (exact) mass is 300 g/mol. The average Bonchev–Trinajstić information content (AvgIpc) is 2.53. The van der Waals surface area contributed by atoms with Crippen molar-refractivity contribution in [2.45, 2.75) is 13.3 Å². The normalized spacial score (nSPS) is 10.0. The van der Waals surface area contributed by atoms with Crippen molar-refractivity contribution < 1.29 is 24.2 Å². The van der Waals surface area contributed by atoms with Crippen LogP contribution in [0, 0.1) is 0 Å². The molecule has 114 valence electrons. The fraction of sp³-hybridized carbons (Fsp3) is 0.176. The van der Waals surface area contributed by atoms with Crippen molar-refractivity contribution in [3.05, 3.63) is 59.7 Å². The van der Waals surface area contributed by atoms with Crippen LogP contribution in [0.3, 0.4) is 0 Å². The molecule has 0 aliphatic heterocycles. The second-order valence-corrected chi connectivity index (χ2v) is 4.57. The highest BCUT2D eigenvalue weighted by Crippen LogP contribution is 2.21. The second-order valence-electron chi connectivity index (χ2n) is 4.57. The van der Waals surface area contributed by atoms with Crippen LogP contribution in [0.1, 0.15) is 34.1 Å². The number of ether oxygens (including phenoxy) is 2. The van der Waals surface area contributed by atoms with Gasteiger partial charge in [-0.1, -0.05) is 25.1 Å². The number of para-hydroxylation sites is 1. The molecule has 0 aromatic heterocycles. The van der Waals surface area contributed by atoms with E-state index in [-0.39, 0.29) is 11.3 Å². The third-order valence-corrected chi connectivity index (χ3v) is 2.86. The fourth-order valence-corrected chi connectivity index (χ4v) is 1.83. The van der Waals surface area contributed by atoms with E-state index in [0.717, 1.165) is 6.42 Å². The van der Waals surface area contributed by atoms with Gasteiger partial charge in [0.25, 0.3) is 0 Å². The summed E-state index contributed by atoms with van der Waals surface area (Å²) in [6.45, 7) is 2.47. The largest absolute Gasteiger partial charge is 0.493 e. The predicted molar refractivity (Wildman–Crippen MR) is 80.6 cm³/mol. The second kappa shape index (κ2) is 7.26. The Morgan fingerprint density at radius 3 is 2.59 bits per heavy atom. The highest BCUT2D eigenvalue weighted by molar-refractivity contribution is 5.94. The predicted octanol–water partition coefficient (Wildman–Crippen LogP) is 3.39. The van der Waals surface area contributed by atoms with E-state index >= 15 is 0 Å². The van der Waals surface area contributed by atoms with E-state index in [2.05, 4.69) is 0 Å². The molecule has 0 aliphatic rings. The molecule has 0 fully saturated rings. The lowest BCUT2D eigenvalue weighted by Crippen LogP contribution is -2.11. The van der Waals surface area contributed by atoms with Gasteiger partial charge in [0.15, 0.2) is 0 Å². The molecular formula is C17H16O5. The maximum atomic E-state index is 12.2. The van der Waals surface area contributed by atoms with Crippen LogP contribution in [0.5, 0.6) is 11.5 Å². The maximum absolute atomic E-state index is 12.2. The van der Waals surface area contributed by atoms with Crippen molar-refractivity contribution in [1.82, 2.24) is 0 Å². The Hall–Kier alpha value is -2.82. The molecule has 0 saturated carbocycles. The number of hydrogen-bond acceptors (Lipinski definition) is 4. The van der Waals surface area contributed by atoms with Crippen molar-refractivity contribution in [1.29, 1.82) is 0 Å². The van der Waals surface area contributed by atoms with Crippen LogP contribution >= 0.6 is 0 Å². The molecule has 5 nitrogen and oxygen atoms in total. The highest BCUT2D eigenvalue weighted by Gasteiger charge is 2.15. The number of esters is 1. The molecule has 2 aromatic rings. The molecule has 0 saturated heterocycles. The van der Waals surface area contributed by atoms with E-state index in [1.807, 2.05) is 6.92 Å². The third kappa shape index (κ3) is 3.85. The number of carbonyl (C=O) groups is 2. The lowest BCUT2D eigenvalue weighted by atomic mass is 10.2. The number of hydrogen-bond donors (Lipinski definition) is 1. The molecule has 0 amide bonds. The van der Waals surface area contributed by atoms with E-state index in [4.69, 9.17) is 14.6 Å². The minimum Gasteiger partial charge on any atom is -0.493 e. The van der Waals surface area contributed by atoms with Crippen LogP contribution in [0.15, 0.2) is 48.5 Å². The Bertz CT molecular complexity index is 678. The summed E-state index contributed by atoms with van der Waals surface area (Å²) in [4.78, 5) is 23.2. The molecule has 0 atom stereocenters. The van der Waals surface area contributed by atoms with Gasteiger partial charge in [0.05, 0.1) is 12.2 Å². The molecule has 5 heteroatoms. The van der Waals surface area contributed by atoms with Crippen LogP contribution in [0.4, 0.5) is 0 Å². The minimum atomic E-state index is -1.08. The first-order valence-corrected chi connectivity index (χ1v) is 6.89. The smallest absolute Gasteiger partial charge is 0.347 e. The van der Waals surface area contributed by atoms with Gasteiger partial charge < -0.3 is 14.6 Å². The van der Waals surface area contributed by atoms with Crippen molar-refractivity contribution in [3.63, 3.8) is 0 Å². The molecule has 0 heterocycles. The topological polar surface area (TPSA) is 72.8 Å². The number of carbonyl (C=O) groups excluding carboxylic acids is 1. The van der Waals surface area contributed by atoms with Gasteiger partial charge in [-0.25, -0.2) is 9.59 Å². The standard InChI is InChI=1S/C17H16O5/c1-2-10-21-15-9-4-3-8-14(15)17(20)22-13-7-5-6-12(11-13)16(18)19/h3-9,11H,2,10H2,1H3,(H,18,19). The molecule has 0 spiro atoms. The summed E-state index contributed by atoms with van der Waals surface area (Å²) in [5.41, 5.74) is 0.359. The molecule has 1 N–H and O–H groups in total. The summed E-state index contributed by atoms with van der Waals surface area (Å²) < 4.78 is 10.7. The van der Waals surface area contributed by atoms with Crippen molar-refractivity contribution >= 4 is 11.9 Å². The molecule has 0 unspecified atom stereocenters. The number of benzene rings is 2. The van der Waals surface area contributed by atoms with Gasteiger partial charge >= 0.3 is 11.9 Å².